The lowest BCUT2D eigenvalue weighted by Gasteiger charge is -2.13. The molecule has 0 atom stereocenters. The molecule has 0 N–H and O–H groups in total. The van der Waals surface area contributed by atoms with Gasteiger partial charge in [0.1, 0.15) is 11.2 Å². The van der Waals surface area contributed by atoms with Gasteiger partial charge < -0.3 is 8.98 Å². The molecule has 4 heteroatoms. The number of hydrogen-bond donors (Lipinski definition) is 0. The van der Waals surface area contributed by atoms with Crippen molar-refractivity contribution in [3.8, 4) is 50.7 Å². The van der Waals surface area contributed by atoms with Gasteiger partial charge in [0.25, 0.3) is 0 Å². The van der Waals surface area contributed by atoms with Gasteiger partial charge in [-0.1, -0.05) is 121 Å². The zero-order chi connectivity index (χ0) is 43.5. The van der Waals surface area contributed by atoms with Crippen LogP contribution in [0.4, 0.5) is 0 Å². The second kappa shape index (κ2) is 11.4. The molecule has 0 spiro atoms. The van der Waals surface area contributed by atoms with Crippen molar-refractivity contribution in [1.29, 1.82) is 0 Å². The average Bonchev–Trinajstić information content (AvgIpc) is 3.85. The van der Waals surface area contributed by atoms with E-state index in [4.69, 9.17) is 26.7 Å². The van der Waals surface area contributed by atoms with Gasteiger partial charge in [-0.25, -0.2) is 9.97 Å². The Bertz CT molecular complexity index is 3540. The fraction of sp³-hybridized carbons (Fsp3) is 0. The number of para-hydroxylation sites is 3. The standard InChI is InChI=1S/C46H29N3O/c1-3-13-30(14-4-1)40-29-41(48-46(47-40)32-23-25-38-37-20-10-12-22-44(37)50-45(38)28-32)35-18-8-7-17-34(35)31-24-26-43-39(27-31)36-19-9-11-21-42(36)49(43)33-15-5-2-6-16-33/h1-29H/i2D,5D,6D,9D,11D,15D,16D,19D,21D,24D,26D,27D. The predicted molar refractivity (Wildman–Crippen MR) is 205 cm³/mol. The van der Waals surface area contributed by atoms with E-state index in [1.165, 1.54) is 0 Å². The van der Waals surface area contributed by atoms with E-state index < -0.39 is 72.2 Å². The highest BCUT2D eigenvalue weighted by atomic mass is 16.3. The van der Waals surface area contributed by atoms with Crippen LogP contribution in [0.3, 0.4) is 0 Å². The van der Waals surface area contributed by atoms with Crippen LogP contribution in [0.15, 0.2) is 180 Å². The molecule has 3 heterocycles. The third-order valence-corrected chi connectivity index (χ3v) is 8.77. The smallest absolute Gasteiger partial charge is 0.160 e. The summed E-state index contributed by atoms with van der Waals surface area (Å²) in [5.74, 6) is 0.366. The number of furan rings is 1. The van der Waals surface area contributed by atoms with Crippen molar-refractivity contribution in [2.24, 2.45) is 0 Å². The summed E-state index contributed by atoms with van der Waals surface area (Å²) in [6.45, 7) is 0. The van der Waals surface area contributed by atoms with E-state index in [0.717, 1.165) is 26.5 Å². The number of aromatic nitrogens is 3. The molecule has 0 amide bonds. The minimum Gasteiger partial charge on any atom is -0.456 e. The molecule has 234 valence electrons. The number of fused-ring (bicyclic) bond motifs is 6. The van der Waals surface area contributed by atoms with Crippen LogP contribution in [0.25, 0.3) is 94.5 Å². The number of benzene rings is 7. The molecule has 0 unspecified atom stereocenters. The Morgan fingerprint density at radius 3 is 2.10 bits per heavy atom. The first kappa shape index (κ1) is 18.7. The average molecular weight is 652 g/mol. The van der Waals surface area contributed by atoms with Crippen LogP contribution in [0.5, 0.6) is 0 Å². The first-order chi connectivity index (χ1) is 29.8. The lowest BCUT2D eigenvalue weighted by atomic mass is 9.95. The number of rotatable bonds is 5. The molecule has 7 aromatic carbocycles. The summed E-state index contributed by atoms with van der Waals surface area (Å²) in [7, 11) is 0. The van der Waals surface area contributed by atoms with Crippen LogP contribution < -0.4 is 0 Å². The van der Waals surface area contributed by atoms with Crippen molar-refractivity contribution in [2.75, 3.05) is 0 Å². The molecule has 0 saturated carbocycles. The lowest BCUT2D eigenvalue weighted by Crippen LogP contribution is -1.97. The van der Waals surface area contributed by atoms with E-state index in [1.54, 1.807) is 30.3 Å². The first-order valence-corrected chi connectivity index (χ1v) is 15.9. The SMILES string of the molecule is [2H]c1c([2H])c([2H])c(-n2c3c([2H])c([2H])c([2H])c([2H])c3c3c([2H])c(-c4ccccc4-c4cc(-c5ccccc5)nc(-c5ccc6c(c5)oc5ccccc56)n4)c([2H])c([2H])c32)c([2H])c1[2H]. The van der Waals surface area contributed by atoms with Crippen LogP contribution in [0, 0.1) is 0 Å². The Hall–Kier alpha value is -6.78. The van der Waals surface area contributed by atoms with E-state index in [0.29, 0.717) is 39.5 Å². The van der Waals surface area contributed by atoms with Crippen LogP contribution in [-0.4, -0.2) is 14.5 Å². The van der Waals surface area contributed by atoms with E-state index in [-0.39, 0.29) is 33.4 Å². The molecule has 10 rings (SSSR count). The lowest BCUT2D eigenvalue weighted by molar-refractivity contribution is 0.669. The Balaban J connectivity index is 1.27. The van der Waals surface area contributed by atoms with Gasteiger partial charge in [-0.05, 0) is 65.6 Å². The Kier molecular flexibility index (Phi) is 4.27. The van der Waals surface area contributed by atoms with Crippen molar-refractivity contribution in [2.45, 2.75) is 0 Å². The summed E-state index contributed by atoms with van der Waals surface area (Å²) in [5.41, 5.74) is 3.53. The second-order valence-electron chi connectivity index (χ2n) is 11.7. The highest BCUT2D eigenvalue weighted by Crippen LogP contribution is 2.39. The Morgan fingerprint density at radius 1 is 0.480 bits per heavy atom. The van der Waals surface area contributed by atoms with Crippen molar-refractivity contribution >= 4 is 43.7 Å². The third-order valence-electron chi connectivity index (χ3n) is 8.77. The highest BCUT2D eigenvalue weighted by Gasteiger charge is 2.18. The molecular weight excluding hydrogens is 611 g/mol. The van der Waals surface area contributed by atoms with Crippen molar-refractivity contribution in [3.63, 3.8) is 0 Å². The quantitative estimate of drug-likeness (QED) is 0.186. The minimum absolute atomic E-state index is 0.0456. The van der Waals surface area contributed by atoms with Crippen LogP contribution in [-0.2, 0) is 0 Å². The zero-order valence-electron chi connectivity index (χ0n) is 38.1. The third kappa shape index (κ3) is 4.61. The van der Waals surface area contributed by atoms with Crippen LogP contribution in [0.1, 0.15) is 16.4 Å². The van der Waals surface area contributed by atoms with Crippen molar-refractivity contribution in [1.82, 2.24) is 14.5 Å². The molecule has 0 aliphatic rings. The largest absolute Gasteiger partial charge is 0.456 e. The normalized spacial score (nSPS) is 15.0. The van der Waals surface area contributed by atoms with Gasteiger partial charge in [0, 0.05) is 43.9 Å². The summed E-state index contributed by atoms with van der Waals surface area (Å²) < 4.78 is 114. The van der Waals surface area contributed by atoms with E-state index in [2.05, 4.69) is 0 Å². The van der Waals surface area contributed by atoms with Crippen molar-refractivity contribution in [3.05, 3.63) is 176 Å². The highest BCUT2D eigenvalue weighted by molar-refractivity contribution is 6.11. The minimum atomic E-state index is -0.706. The maximum atomic E-state index is 9.81. The molecule has 0 fully saturated rings. The van der Waals surface area contributed by atoms with E-state index in [9.17, 15) is 4.11 Å². The molecule has 4 nitrogen and oxygen atoms in total. The van der Waals surface area contributed by atoms with E-state index >= 15 is 0 Å². The Labute approximate surface area is 305 Å². The van der Waals surface area contributed by atoms with Crippen LogP contribution >= 0.6 is 0 Å². The number of hydrogen-bond acceptors (Lipinski definition) is 3. The van der Waals surface area contributed by atoms with Gasteiger partial charge in [0.2, 0.25) is 0 Å². The summed E-state index contributed by atoms with van der Waals surface area (Å²) in [4.78, 5) is 10.0. The summed E-state index contributed by atoms with van der Waals surface area (Å²) >= 11 is 0. The van der Waals surface area contributed by atoms with E-state index in [1.807, 2.05) is 72.8 Å². The fourth-order valence-corrected chi connectivity index (χ4v) is 6.49. The monoisotopic (exact) mass is 651 g/mol. The van der Waals surface area contributed by atoms with Gasteiger partial charge >= 0.3 is 0 Å². The maximum Gasteiger partial charge on any atom is 0.160 e. The molecule has 0 aliphatic carbocycles. The molecule has 0 aliphatic heterocycles. The first-order valence-electron chi connectivity index (χ1n) is 21.9. The van der Waals surface area contributed by atoms with Gasteiger partial charge in [0.05, 0.1) is 38.9 Å². The number of nitrogens with zero attached hydrogens (tertiary/aromatic N) is 3. The molecule has 0 saturated heterocycles. The summed E-state index contributed by atoms with van der Waals surface area (Å²) in [6, 6.07) is 24.4. The second-order valence-corrected chi connectivity index (χ2v) is 11.7. The van der Waals surface area contributed by atoms with Gasteiger partial charge in [0.15, 0.2) is 5.82 Å². The molecule has 3 aromatic heterocycles. The summed E-state index contributed by atoms with van der Waals surface area (Å²) in [6.07, 6.45) is 0. The zero-order valence-corrected chi connectivity index (χ0v) is 26.1. The Morgan fingerprint density at radius 2 is 1.20 bits per heavy atom. The van der Waals surface area contributed by atoms with Gasteiger partial charge in [-0.3, -0.25) is 0 Å². The molecular formula is C46H29N3O. The fourth-order valence-electron chi connectivity index (χ4n) is 6.49. The maximum absolute atomic E-state index is 9.81. The summed E-state index contributed by atoms with van der Waals surface area (Å²) in [5, 5.41) is 1.54. The van der Waals surface area contributed by atoms with Gasteiger partial charge in [-0.2, -0.15) is 0 Å². The van der Waals surface area contributed by atoms with Crippen molar-refractivity contribution < 1.29 is 20.9 Å². The predicted octanol–water partition coefficient (Wildman–Crippen LogP) is 12.1. The molecule has 50 heavy (non-hydrogen) atoms. The van der Waals surface area contributed by atoms with Crippen LogP contribution in [0.2, 0.25) is 0 Å². The molecule has 0 radical (unpaired) electrons. The topological polar surface area (TPSA) is 43.9 Å². The van der Waals surface area contributed by atoms with Gasteiger partial charge in [-0.15, -0.1) is 0 Å². The molecule has 10 aromatic rings. The molecule has 0 bridgehead atoms.